The molecule has 27 heavy (non-hydrogen) atoms. The first-order chi connectivity index (χ1) is 13.0. The van der Waals surface area contributed by atoms with Gasteiger partial charge in [0.05, 0.1) is 12.0 Å². The van der Waals surface area contributed by atoms with Crippen LogP contribution in [0.25, 0.3) is 0 Å². The van der Waals surface area contributed by atoms with Gasteiger partial charge in [-0.05, 0) is 60.1 Å². The number of carbonyl (C=O) groups is 1. The highest BCUT2D eigenvalue weighted by Crippen LogP contribution is 2.31. The van der Waals surface area contributed by atoms with Crippen LogP contribution in [0.15, 0.2) is 47.4 Å². The fraction of sp³-hybridized carbons (Fsp3) is 0.381. The Kier molecular flexibility index (Phi) is 4.78. The molecule has 6 heteroatoms. The van der Waals surface area contributed by atoms with Crippen molar-refractivity contribution in [2.24, 2.45) is 0 Å². The molecule has 1 aliphatic heterocycles. The number of sulfonamides is 1. The Morgan fingerprint density at radius 2 is 1.70 bits per heavy atom. The van der Waals surface area contributed by atoms with Crippen molar-refractivity contribution in [1.82, 2.24) is 4.31 Å². The molecule has 0 amide bonds. The molecule has 0 N–H and O–H groups in total. The summed E-state index contributed by atoms with van der Waals surface area (Å²) in [4.78, 5) is 12.6. The summed E-state index contributed by atoms with van der Waals surface area (Å²) in [6.45, 7) is 0.176. The average Bonchev–Trinajstić information content (AvgIpc) is 2.71. The first-order valence-electron chi connectivity index (χ1n) is 9.29. The fourth-order valence-corrected chi connectivity index (χ4v) is 5.70. The summed E-state index contributed by atoms with van der Waals surface area (Å²) in [6.07, 6.45) is 4.46. The number of fused-ring (bicyclic) bond motifs is 2. The molecular weight excluding hydrogens is 362 g/mol. The third-order valence-corrected chi connectivity index (χ3v) is 7.46. The smallest absolute Gasteiger partial charge is 0.324 e. The van der Waals surface area contributed by atoms with Crippen molar-refractivity contribution in [3.05, 3.63) is 64.7 Å². The molecule has 0 fully saturated rings. The molecule has 0 radical (unpaired) electrons. The summed E-state index contributed by atoms with van der Waals surface area (Å²) in [5.41, 5.74) is 4.26. The molecule has 142 valence electrons. The number of nitrogens with zero attached hydrogens (tertiary/aromatic N) is 1. The Morgan fingerprint density at radius 3 is 2.44 bits per heavy atom. The number of methoxy groups -OCH3 is 1. The Labute approximate surface area is 160 Å². The molecule has 0 saturated heterocycles. The summed E-state index contributed by atoms with van der Waals surface area (Å²) in [5.74, 6) is -0.522. The van der Waals surface area contributed by atoms with Crippen LogP contribution >= 0.6 is 0 Å². The van der Waals surface area contributed by atoms with Crippen LogP contribution < -0.4 is 0 Å². The number of esters is 1. The molecule has 1 aliphatic carbocycles. The van der Waals surface area contributed by atoms with Gasteiger partial charge < -0.3 is 4.74 Å². The maximum absolute atomic E-state index is 13.4. The predicted octanol–water partition coefficient (Wildman–Crippen LogP) is 2.85. The van der Waals surface area contributed by atoms with Gasteiger partial charge in [-0.3, -0.25) is 4.79 Å². The molecular formula is C21H23NO4S. The number of carbonyl (C=O) groups excluding carboxylic acids is 1. The molecule has 4 rings (SSSR count). The lowest BCUT2D eigenvalue weighted by molar-refractivity contribution is -0.145. The molecule has 1 heterocycles. The van der Waals surface area contributed by atoms with Crippen molar-refractivity contribution < 1.29 is 17.9 Å². The third kappa shape index (κ3) is 3.28. The second-order valence-electron chi connectivity index (χ2n) is 7.20. The van der Waals surface area contributed by atoms with Crippen LogP contribution in [-0.2, 0) is 45.4 Å². The highest BCUT2D eigenvalue weighted by molar-refractivity contribution is 7.89. The molecule has 1 atom stereocenters. The Balaban J connectivity index is 1.75. The van der Waals surface area contributed by atoms with Gasteiger partial charge in [0.25, 0.3) is 0 Å². The average molecular weight is 385 g/mol. The van der Waals surface area contributed by atoms with Crippen molar-refractivity contribution in [3.8, 4) is 0 Å². The molecule has 0 bridgehead atoms. The van der Waals surface area contributed by atoms with Crippen LogP contribution in [0.2, 0.25) is 0 Å². The Bertz CT molecular complexity index is 983. The van der Waals surface area contributed by atoms with Crippen LogP contribution in [0.4, 0.5) is 0 Å². The van der Waals surface area contributed by atoms with Crippen LogP contribution in [-0.4, -0.2) is 31.8 Å². The molecule has 2 aliphatic rings. The van der Waals surface area contributed by atoms with E-state index in [1.54, 1.807) is 12.1 Å². The van der Waals surface area contributed by atoms with Gasteiger partial charge in [-0.2, -0.15) is 4.31 Å². The number of benzene rings is 2. The summed E-state index contributed by atoms with van der Waals surface area (Å²) in [7, 11) is -2.51. The summed E-state index contributed by atoms with van der Waals surface area (Å²) >= 11 is 0. The standard InChI is InChI=1S/C21H23NO4S/c1-26-21(23)20-13-17-8-4-5-9-18(17)14-22(20)27(24,25)19-11-10-15-6-2-3-7-16(15)12-19/h4-5,8-12,20H,2-3,6-7,13-14H2,1H3/t20-/m1/s1. The molecule has 0 spiro atoms. The van der Waals surface area contributed by atoms with Crippen molar-refractivity contribution in [1.29, 1.82) is 0 Å². The van der Waals surface area contributed by atoms with Gasteiger partial charge in [-0.15, -0.1) is 0 Å². The van der Waals surface area contributed by atoms with Crippen molar-refractivity contribution in [2.75, 3.05) is 7.11 Å². The van der Waals surface area contributed by atoms with Crippen molar-refractivity contribution in [2.45, 2.75) is 49.6 Å². The minimum absolute atomic E-state index is 0.176. The summed E-state index contributed by atoms with van der Waals surface area (Å²) < 4.78 is 33.1. The van der Waals surface area contributed by atoms with Gasteiger partial charge in [0.2, 0.25) is 10.0 Å². The van der Waals surface area contributed by atoms with E-state index < -0.39 is 22.0 Å². The van der Waals surface area contributed by atoms with Crippen LogP contribution in [0.5, 0.6) is 0 Å². The fourth-order valence-electron chi connectivity index (χ4n) is 4.09. The van der Waals surface area contributed by atoms with E-state index in [0.29, 0.717) is 6.42 Å². The zero-order valence-electron chi connectivity index (χ0n) is 15.3. The molecule has 2 aromatic carbocycles. The minimum Gasteiger partial charge on any atom is -0.468 e. The van der Waals surface area contributed by atoms with Crippen molar-refractivity contribution >= 4 is 16.0 Å². The van der Waals surface area contributed by atoms with Gasteiger partial charge in [0.15, 0.2) is 0 Å². The van der Waals surface area contributed by atoms with Gasteiger partial charge >= 0.3 is 5.97 Å². The lowest BCUT2D eigenvalue weighted by Crippen LogP contribution is -2.49. The number of hydrogen-bond donors (Lipinski definition) is 0. The first kappa shape index (κ1) is 18.2. The van der Waals surface area contributed by atoms with E-state index in [-0.39, 0.29) is 11.4 Å². The predicted molar refractivity (Wildman–Crippen MR) is 102 cm³/mol. The lowest BCUT2D eigenvalue weighted by Gasteiger charge is -2.34. The van der Waals surface area contributed by atoms with Gasteiger partial charge in [-0.25, -0.2) is 8.42 Å². The van der Waals surface area contributed by atoms with E-state index >= 15 is 0 Å². The third-order valence-electron chi connectivity index (χ3n) is 5.61. The number of rotatable bonds is 3. The molecule has 0 unspecified atom stereocenters. The Morgan fingerprint density at radius 1 is 1.00 bits per heavy atom. The molecule has 2 aromatic rings. The van der Waals surface area contributed by atoms with E-state index in [4.69, 9.17) is 4.74 Å². The number of hydrogen-bond acceptors (Lipinski definition) is 4. The van der Waals surface area contributed by atoms with Crippen LogP contribution in [0, 0.1) is 0 Å². The second-order valence-corrected chi connectivity index (χ2v) is 9.09. The van der Waals surface area contributed by atoms with Crippen LogP contribution in [0.1, 0.15) is 35.1 Å². The highest BCUT2D eigenvalue weighted by atomic mass is 32.2. The zero-order chi connectivity index (χ0) is 19.0. The Hall–Kier alpha value is -2.18. The SMILES string of the molecule is COC(=O)[C@H]1Cc2ccccc2CN1S(=O)(=O)c1ccc2c(c1)CCCC2. The van der Waals surface area contributed by atoms with E-state index in [1.165, 1.54) is 17.0 Å². The number of aryl methyl sites for hydroxylation is 2. The maximum Gasteiger partial charge on any atom is 0.324 e. The molecule has 5 nitrogen and oxygen atoms in total. The van der Waals surface area contributed by atoms with Gasteiger partial charge in [0, 0.05) is 13.0 Å². The topological polar surface area (TPSA) is 63.7 Å². The maximum atomic E-state index is 13.4. The van der Waals surface area contributed by atoms with E-state index in [9.17, 15) is 13.2 Å². The van der Waals surface area contributed by atoms with Crippen LogP contribution in [0.3, 0.4) is 0 Å². The van der Waals surface area contributed by atoms with E-state index in [2.05, 4.69) is 0 Å². The quantitative estimate of drug-likeness (QED) is 0.762. The van der Waals surface area contributed by atoms with Crippen molar-refractivity contribution in [3.63, 3.8) is 0 Å². The normalized spacial score (nSPS) is 19.8. The summed E-state index contributed by atoms with van der Waals surface area (Å²) in [6, 6.07) is 12.2. The zero-order valence-corrected chi connectivity index (χ0v) is 16.2. The minimum atomic E-state index is -3.81. The van der Waals surface area contributed by atoms with E-state index in [1.807, 2.05) is 30.3 Å². The lowest BCUT2D eigenvalue weighted by atomic mass is 9.92. The molecule has 0 aromatic heterocycles. The summed E-state index contributed by atoms with van der Waals surface area (Å²) in [5, 5.41) is 0. The number of ether oxygens (including phenoxy) is 1. The van der Waals surface area contributed by atoms with Gasteiger partial charge in [0.1, 0.15) is 6.04 Å². The van der Waals surface area contributed by atoms with Gasteiger partial charge in [-0.1, -0.05) is 30.3 Å². The molecule has 0 saturated carbocycles. The monoisotopic (exact) mass is 385 g/mol. The first-order valence-corrected chi connectivity index (χ1v) is 10.7. The van der Waals surface area contributed by atoms with E-state index in [0.717, 1.165) is 42.4 Å². The second kappa shape index (κ2) is 7.09. The highest BCUT2D eigenvalue weighted by Gasteiger charge is 2.40. The largest absolute Gasteiger partial charge is 0.468 e.